The number of fused-ring (bicyclic) bond motifs is 13. The lowest BCUT2D eigenvalue weighted by Crippen LogP contribution is -2.32. The van der Waals surface area contributed by atoms with E-state index in [9.17, 15) is 0 Å². The first-order valence-electron chi connectivity index (χ1n) is 21.6. The summed E-state index contributed by atoms with van der Waals surface area (Å²) < 4.78 is 7.21. The minimum Gasteiger partial charge on any atom is -0.456 e. The molecule has 5 heteroatoms. The van der Waals surface area contributed by atoms with E-state index in [0.29, 0.717) is 17.5 Å². The number of rotatable bonds is 5. The number of hydrogen-bond donors (Lipinski definition) is 0. The van der Waals surface area contributed by atoms with Gasteiger partial charge in [-0.3, -0.25) is 0 Å². The van der Waals surface area contributed by atoms with Gasteiger partial charge >= 0.3 is 0 Å². The summed E-state index contributed by atoms with van der Waals surface area (Å²) in [4.78, 5) is 20.3. The first-order chi connectivity index (χ1) is 31.7. The van der Waals surface area contributed by atoms with E-state index in [-0.39, 0.29) is 0 Å². The largest absolute Gasteiger partial charge is 0.456 e. The maximum atomic E-state index is 7.21. The number of benzene rings is 9. The van der Waals surface area contributed by atoms with Gasteiger partial charge in [-0.05, 0) is 57.0 Å². The molecule has 0 radical (unpaired) electrons. The fraction of sp³-hybridized carbons (Fsp3) is 0.0169. The van der Waals surface area contributed by atoms with Gasteiger partial charge in [-0.2, -0.15) is 0 Å². The molecule has 0 N–H and O–H groups in total. The molecular formula is C59H36N4O. The quantitative estimate of drug-likeness (QED) is 0.162. The second-order valence-corrected chi connectivity index (χ2v) is 16.5. The molecule has 0 atom stereocenters. The standard InChI is InChI=1S/C59H36N4O/c1-3-16-38(17-4-1)56-61-57(39-18-5-2-6-19-39)63-58(62-56)40-32-30-37(31-33-40)41-20-15-21-42(36-41)54-53-46(45-24-9-13-28-51(45)60-54)34-35-50-55(53)64-52-29-14-12-27-49(52)59(50)47-25-10-7-22-43(47)44-23-8-11-26-48(44)59/h1-36H. The van der Waals surface area contributed by atoms with Gasteiger partial charge in [-0.15, -0.1) is 0 Å². The van der Waals surface area contributed by atoms with Gasteiger partial charge in [-0.1, -0.05) is 200 Å². The summed E-state index contributed by atoms with van der Waals surface area (Å²) in [6, 6.07) is 76.7. The molecule has 1 spiro atoms. The average Bonchev–Trinajstić information content (AvgIpc) is 3.67. The molecule has 1 aliphatic carbocycles. The van der Waals surface area contributed by atoms with Gasteiger partial charge in [0.15, 0.2) is 17.5 Å². The Labute approximate surface area is 370 Å². The zero-order valence-electron chi connectivity index (χ0n) is 34.5. The van der Waals surface area contributed by atoms with Gasteiger partial charge in [0.2, 0.25) is 0 Å². The highest BCUT2D eigenvalue weighted by atomic mass is 16.5. The summed E-state index contributed by atoms with van der Waals surface area (Å²) in [5.41, 5.74) is 14.5. The summed E-state index contributed by atoms with van der Waals surface area (Å²) in [6.07, 6.45) is 0. The van der Waals surface area contributed by atoms with Gasteiger partial charge in [0.25, 0.3) is 0 Å². The minimum atomic E-state index is -0.583. The maximum Gasteiger partial charge on any atom is 0.164 e. The van der Waals surface area contributed by atoms with Gasteiger partial charge in [-0.25, -0.2) is 19.9 Å². The third-order valence-corrected chi connectivity index (χ3v) is 13.0. The van der Waals surface area contributed by atoms with Crippen molar-refractivity contribution >= 4 is 21.7 Å². The number of aromatic nitrogens is 4. The predicted molar refractivity (Wildman–Crippen MR) is 257 cm³/mol. The monoisotopic (exact) mass is 816 g/mol. The first-order valence-corrected chi connectivity index (χ1v) is 21.6. The van der Waals surface area contributed by atoms with Gasteiger partial charge in [0.05, 0.1) is 22.0 Å². The van der Waals surface area contributed by atoms with Crippen LogP contribution in [0.1, 0.15) is 22.3 Å². The van der Waals surface area contributed by atoms with Crippen LogP contribution in [0, 0.1) is 0 Å². The number of nitrogens with zero attached hydrogens (tertiary/aromatic N) is 4. The van der Waals surface area contributed by atoms with E-state index >= 15 is 0 Å². The topological polar surface area (TPSA) is 60.8 Å². The summed E-state index contributed by atoms with van der Waals surface area (Å²) >= 11 is 0. The Morgan fingerprint density at radius 2 is 0.844 bits per heavy atom. The lowest BCUT2D eigenvalue weighted by atomic mass is 9.65. The number of pyridine rings is 1. The molecule has 13 rings (SSSR count). The zero-order chi connectivity index (χ0) is 42.2. The van der Waals surface area contributed by atoms with Crippen LogP contribution in [-0.2, 0) is 5.41 Å². The first kappa shape index (κ1) is 36.1. The molecule has 5 nitrogen and oxygen atoms in total. The van der Waals surface area contributed by atoms with Crippen molar-refractivity contribution in [2.45, 2.75) is 5.41 Å². The molecule has 3 heterocycles. The van der Waals surface area contributed by atoms with E-state index in [1.54, 1.807) is 0 Å². The normalized spacial score (nSPS) is 12.9. The van der Waals surface area contributed by atoms with Crippen LogP contribution in [0.25, 0.3) is 89.4 Å². The molecule has 2 aliphatic rings. The van der Waals surface area contributed by atoms with E-state index in [2.05, 4.69) is 158 Å². The highest BCUT2D eigenvalue weighted by Crippen LogP contribution is 2.63. The highest BCUT2D eigenvalue weighted by molar-refractivity contribution is 6.14. The van der Waals surface area contributed by atoms with Crippen molar-refractivity contribution in [3.8, 4) is 79.2 Å². The fourth-order valence-corrected chi connectivity index (χ4v) is 10.2. The number of hydrogen-bond acceptors (Lipinski definition) is 5. The molecule has 0 saturated heterocycles. The molecule has 0 saturated carbocycles. The smallest absolute Gasteiger partial charge is 0.164 e. The molecule has 0 bridgehead atoms. The molecule has 9 aromatic carbocycles. The van der Waals surface area contributed by atoms with Crippen LogP contribution in [0.3, 0.4) is 0 Å². The van der Waals surface area contributed by atoms with Crippen LogP contribution >= 0.6 is 0 Å². The molecule has 64 heavy (non-hydrogen) atoms. The van der Waals surface area contributed by atoms with Crippen LogP contribution in [0.5, 0.6) is 11.5 Å². The molecule has 0 fully saturated rings. The molecule has 2 aromatic heterocycles. The Morgan fingerprint density at radius 3 is 1.52 bits per heavy atom. The third-order valence-electron chi connectivity index (χ3n) is 13.0. The summed E-state index contributed by atoms with van der Waals surface area (Å²) in [5, 5.41) is 3.19. The van der Waals surface area contributed by atoms with E-state index < -0.39 is 5.41 Å². The van der Waals surface area contributed by atoms with Crippen LogP contribution in [0.4, 0.5) is 0 Å². The second-order valence-electron chi connectivity index (χ2n) is 16.5. The van der Waals surface area contributed by atoms with Crippen molar-refractivity contribution < 1.29 is 4.74 Å². The maximum absolute atomic E-state index is 7.21. The summed E-state index contributed by atoms with van der Waals surface area (Å²) in [5.74, 6) is 3.59. The highest BCUT2D eigenvalue weighted by Gasteiger charge is 2.51. The predicted octanol–water partition coefficient (Wildman–Crippen LogP) is 14.4. The van der Waals surface area contributed by atoms with Gasteiger partial charge in [0.1, 0.15) is 11.5 Å². The van der Waals surface area contributed by atoms with E-state index in [4.69, 9.17) is 24.7 Å². The molecule has 11 aromatic rings. The Balaban J connectivity index is 0.977. The van der Waals surface area contributed by atoms with Crippen molar-refractivity contribution in [3.63, 3.8) is 0 Å². The van der Waals surface area contributed by atoms with Crippen molar-refractivity contribution in [2.75, 3.05) is 0 Å². The lowest BCUT2D eigenvalue weighted by molar-refractivity contribution is 0.442. The Bertz CT molecular complexity index is 3540. The van der Waals surface area contributed by atoms with Crippen molar-refractivity contribution in [1.82, 2.24) is 19.9 Å². The molecular weight excluding hydrogens is 781 g/mol. The van der Waals surface area contributed by atoms with Crippen LogP contribution in [-0.4, -0.2) is 19.9 Å². The molecule has 298 valence electrons. The van der Waals surface area contributed by atoms with Crippen molar-refractivity contribution in [3.05, 3.63) is 241 Å². The number of para-hydroxylation sites is 2. The third kappa shape index (κ3) is 5.44. The minimum absolute atomic E-state index is 0.583. The SMILES string of the molecule is c1ccc(-c2nc(-c3ccccc3)nc(-c3ccc(-c4cccc(-c5nc6ccccc6c6ccc7c(c56)Oc5ccccc5C75c6ccccc6-c6ccccc65)c4)cc3)n2)cc1. The van der Waals surface area contributed by atoms with Crippen LogP contribution in [0.2, 0.25) is 0 Å². The Hall–Kier alpha value is -8.54. The van der Waals surface area contributed by atoms with Crippen molar-refractivity contribution in [2.24, 2.45) is 0 Å². The zero-order valence-corrected chi connectivity index (χ0v) is 34.5. The molecule has 1 aliphatic heterocycles. The van der Waals surface area contributed by atoms with Gasteiger partial charge < -0.3 is 4.74 Å². The van der Waals surface area contributed by atoms with E-state index in [0.717, 1.165) is 83.4 Å². The second kappa shape index (κ2) is 14.3. The summed E-state index contributed by atoms with van der Waals surface area (Å²) in [7, 11) is 0. The number of ether oxygens (including phenoxy) is 1. The van der Waals surface area contributed by atoms with Crippen LogP contribution < -0.4 is 4.74 Å². The van der Waals surface area contributed by atoms with E-state index in [1.165, 1.54) is 22.3 Å². The van der Waals surface area contributed by atoms with Crippen LogP contribution in [0.15, 0.2) is 218 Å². The summed E-state index contributed by atoms with van der Waals surface area (Å²) in [6.45, 7) is 0. The molecule has 0 amide bonds. The Morgan fingerprint density at radius 1 is 0.328 bits per heavy atom. The van der Waals surface area contributed by atoms with E-state index in [1.807, 2.05) is 60.7 Å². The molecule has 0 unspecified atom stereocenters. The fourth-order valence-electron chi connectivity index (χ4n) is 10.2. The Kier molecular flexibility index (Phi) is 8.06. The van der Waals surface area contributed by atoms with Crippen molar-refractivity contribution in [1.29, 1.82) is 0 Å². The average molecular weight is 817 g/mol. The van der Waals surface area contributed by atoms with Gasteiger partial charge in [0, 0.05) is 38.8 Å². The lowest BCUT2D eigenvalue weighted by Gasteiger charge is -2.40.